The quantitative estimate of drug-likeness (QED) is 0.112. The van der Waals surface area contributed by atoms with Crippen LogP contribution in [-0.2, 0) is 36.4 Å². The molecule has 234 valence electrons. The van der Waals surface area contributed by atoms with Crippen molar-refractivity contribution in [2.24, 2.45) is 0 Å². The van der Waals surface area contributed by atoms with Gasteiger partial charge in [0.1, 0.15) is 29.2 Å². The molecule has 0 saturated carbocycles. The lowest BCUT2D eigenvalue weighted by Gasteiger charge is -2.47. The number of hydrogen-bond acceptors (Lipinski definition) is 6. The van der Waals surface area contributed by atoms with E-state index < -0.39 is 42.4 Å². The highest BCUT2D eigenvalue weighted by Gasteiger charge is 2.63. The van der Waals surface area contributed by atoms with Crippen molar-refractivity contribution in [2.45, 2.75) is 41.8 Å². The summed E-state index contributed by atoms with van der Waals surface area (Å²) in [6, 6.07) is 43.8. The maximum absolute atomic E-state index is 11.5. The zero-order valence-electron chi connectivity index (χ0n) is 26.1. The lowest BCUT2D eigenvalue weighted by atomic mass is 9.67. The summed E-state index contributed by atoms with van der Waals surface area (Å²) in [5, 5.41) is 11.5. The molecule has 2 heterocycles. The summed E-state index contributed by atoms with van der Waals surface area (Å²) in [6.07, 6.45) is 1.11. The van der Waals surface area contributed by atoms with Gasteiger partial charge in [-0.3, -0.25) is 0 Å². The van der Waals surface area contributed by atoms with Crippen LogP contribution in [-0.4, -0.2) is 44.8 Å². The Bertz CT molecular complexity index is 1470. The molecule has 5 aromatic rings. The fourth-order valence-corrected chi connectivity index (χ4v) is 6.92. The van der Waals surface area contributed by atoms with E-state index in [1.54, 1.807) is 32.6 Å². The van der Waals surface area contributed by atoms with Crippen LogP contribution in [0.1, 0.15) is 28.0 Å². The van der Waals surface area contributed by atoms with Crippen LogP contribution in [0, 0.1) is 0 Å². The normalized spacial score (nSPS) is 18.3. The molecule has 4 atom stereocenters. The first-order valence-corrected chi connectivity index (χ1v) is 15.5. The molecule has 1 fully saturated rings. The summed E-state index contributed by atoms with van der Waals surface area (Å²) in [7, 11) is 2.50. The van der Waals surface area contributed by atoms with E-state index >= 15 is 0 Å². The lowest BCUT2D eigenvalue weighted by Crippen LogP contribution is -2.56. The third-order valence-corrected chi connectivity index (χ3v) is 9.11. The van der Waals surface area contributed by atoms with E-state index in [0.29, 0.717) is 5.76 Å². The number of aliphatic hydroxyl groups excluding tert-OH is 1. The molecule has 0 spiro atoms. The van der Waals surface area contributed by atoms with E-state index in [4.69, 9.17) is 23.2 Å². The molecule has 1 saturated heterocycles. The van der Waals surface area contributed by atoms with Crippen LogP contribution >= 0.6 is 0 Å². The average molecular weight is 615 g/mol. The molecule has 4 aromatic carbocycles. The number of benzene rings is 4. The third-order valence-electron chi connectivity index (χ3n) is 9.11. The Labute approximate surface area is 271 Å². The van der Waals surface area contributed by atoms with Crippen molar-refractivity contribution in [3.63, 3.8) is 0 Å². The minimum absolute atomic E-state index is 0.266. The van der Waals surface area contributed by atoms with Gasteiger partial charge in [-0.2, -0.15) is 0 Å². The van der Waals surface area contributed by atoms with Crippen LogP contribution in [0.4, 0.5) is 0 Å². The Hall–Kier alpha value is -4.24. The third kappa shape index (κ3) is 5.66. The molecular weight excluding hydrogens is 575 g/mol. The molecule has 0 amide bonds. The first-order chi connectivity index (χ1) is 22.6. The number of rotatable bonds is 13. The van der Waals surface area contributed by atoms with Gasteiger partial charge < -0.3 is 28.3 Å². The smallest absolute Gasteiger partial charge is 0.467 e. The van der Waals surface area contributed by atoms with Gasteiger partial charge in [0.2, 0.25) is 0 Å². The molecule has 46 heavy (non-hydrogen) atoms. The molecule has 1 N–H and O–H groups in total. The van der Waals surface area contributed by atoms with Crippen LogP contribution < -0.4 is 0 Å². The summed E-state index contributed by atoms with van der Waals surface area (Å²) in [6.45, 7) is 4.09. The fourth-order valence-electron chi connectivity index (χ4n) is 6.92. The molecular formula is C39H39BO6. The van der Waals surface area contributed by atoms with Gasteiger partial charge >= 0.3 is 7.12 Å². The van der Waals surface area contributed by atoms with Gasteiger partial charge in [0, 0.05) is 26.5 Å². The SMILES string of the molecule is C=C[C@@H](B1O[C@@H](C(OC)(c2ccccc2)c2ccccc2)[C@H](C(OC)(c2ccccc2)c2ccccc2)O1)[C@@H](O)Cc1ccco1. The predicted molar refractivity (Wildman–Crippen MR) is 179 cm³/mol. The molecule has 7 heteroatoms. The van der Waals surface area contributed by atoms with E-state index in [-0.39, 0.29) is 6.42 Å². The Morgan fingerprint density at radius 3 is 1.37 bits per heavy atom. The number of hydrogen-bond donors (Lipinski definition) is 1. The largest absolute Gasteiger partial charge is 0.469 e. The van der Waals surface area contributed by atoms with Crippen LogP contribution in [0.3, 0.4) is 0 Å². The van der Waals surface area contributed by atoms with Gasteiger partial charge in [-0.15, -0.1) is 6.58 Å². The Morgan fingerprint density at radius 1 is 0.674 bits per heavy atom. The van der Waals surface area contributed by atoms with Gasteiger partial charge in [0.15, 0.2) is 0 Å². The topological polar surface area (TPSA) is 70.3 Å². The molecule has 6 nitrogen and oxygen atoms in total. The number of furan rings is 1. The molecule has 1 aliphatic rings. The van der Waals surface area contributed by atoms with Crippen molar-refractivity contribution in [3.05, 3.63) is 180 Å². The monoisotopic (exact) mass is 614 g/mol. The number of methoxy groups -OCH3 is 2. The van der Waals surface area contributed by atoms with Crippen molar-refractivity contribution in [3.8, 4) is 0 Å². The van der Waals surface area contributed by atoms with E-state index in [0.717, 1.165) is 22.3 Å². The van der Waals surface area contributed by atoms with Crippen molar-refractivity contribution in [2.75, 3.05) is 14.2 Å². The number of aliphatic hydroxyl groups is 1. The molecule has 0 bridgehead atoms. The Morgan fingerprint density at radius 2 is 1.07 bits per heavy atom. The predicted octanol–water partition coefficient (Wildman–Crippen LogP) is 7.19. The summed E-state index contributed by atoms with van der Waals surface area (Å²) in [4.78, 5) is 0. The van der Waals surface area contributed by atoms with E-state index in [9.17, 15) is 5.11 Å². The Balaban J connectivity index is 1.58. The molecule has 1 aromatic heterocycles. The zero-order chi connectivity index (χ0) is 32.0. The lowest BCUT2D eigenvalue weighted by molar-refractivity contribution is -0.136. The summed E-state index contributed by atoms with van der Waals surface area (Å²) in [5.74, 6) is 0.0462. The van der Waals surface area contributed by atoms with Gasteiger partial charge in [-0.05, 0) is 34.4 Å². The first-order valence-electron chi connectivity index (χ1n) is 15.5. The molecule has 0 aliphatic carbocycles. The van der Waals surface area contributed by atoms with Crippen molar-refractivity contribution in [1.82, 2.24) is 0 Å². The highest BCUT2D eigenvalue weighted by atomic mass is 16.7. The number of ether oxygens (including phenoxy) is 2. The van der Waals surface area contributed by atoms with Gasteiger partial charge in [0.05, 0.1) is 12.4 Å². The van der Waals surface area contributed by atoms with E-state index in [2.05, 4.69) is 6.58 Å². The summed E-state index contributed by atoms with van der Waals surface area (Å²) >= 11 is 0. The second kappa shape index (κ2) is 14.0. The van der Waals surface area contributed by atoms with Gasteiger partial charge in [0.25, 0.3) is 0 Å². The maximum atomic E-state index is 11.5. The van der Waals surface area contributed by atoms with Crippen molar-refractivity contribution in [1.29, 1.82) is 0 Å². The Kier molecular flexibility index (Phi) is 9.68. The molecule has 0 radical (unpaired) electrons. The second-order valence-electron chi connectivity index (χ2n) is 11.5. The van der Waals surface area contributed by atoms with Gasteiger partial charge in [-0.25, -0.2) is 0 Å². The van der Waals surface area contributed by atoms with Crippen LogP contribution in [0.25, 0.3) is 0 Å². The zero-order valence-corrected chi connectivity index (χ0v) is 26.1. The van der Waals surface area contributed by atoms with E-state index in [1.165, 1.54) is 0 Å². The summed E-state index contributed by atoms with van der Waals surface area (Å²) in [5.41, 5.74) is 1.27. The van der Waals surface area contributed by atoms with Crippen molar-refractivity contribution < 1.29 is 28.3 Å². The summed E-state index contributed by atoms with van der Waals surface area (Å²) < 4.78 is 33.1. The van der Waals surface area contributed by atoms with Crippen LogP contribution in [0.5, 0.6) is 0 Å². The minimum atomic E-state index is -1.15. The molecule has 1 aliphatic heterocycles. The standard InChI is InChI=1S/C39H39BO6/c1-4-34(35(41)28-33-26-17-27-44-33)40-45-36(38(42-2,29-18-9-5-10-19-29)30-20-11-6-12-21-30)37(46-40)39(43-3,31-22-13-7-14-23-31)32-24-15-8-16-25-32/h4-27,34-37,41H,1,28H2,2-3H3/t34-,35+,36-,37-/m1/s1. The first kappa shape index (κ1) is 31.7. The van der Waals surface area contributed by atoms with E-state index in [1.807, 2.05) is 127 Å². The minimum Gasteiger partial charge on any atom is -0.469 e. The van der Waals surface area contributed by atoms with Gasteiger partial charge in [-0.1, -0.05) is 127 Å². The molecule has 0 unspecified atom stereocenters. The highest BCUT2D eigenvalue weighted by Crippen LogP contribution is 2.51. The second-order valence-corrected chi connectivity index (χ2v) is 11.5. The fraction of sp³-hybridized carbons (Fsp3) is 0.231. The maximum Gasteiger partial charge on any atom is 0.467 e. The molecule has 6 rings (SSSR count). The highest BCUT2D eigenvalue weighted by molar-refractivity contribution is 6.48. The average Bonchev–Trinajstić information content (AvgIpc) is 3.80. The van der Waals surface area contributed by atoms with Crippen LogP contribution in [0.2, 0.25) is 5.82 Å². The van der Waals surface area contributed by atoms with Crippen molar-refractivity contribution >= 4 is 7.12 Å². The van der Waals surface area contributed by atoms with Crippen LogP contribution in [0.15, 0.2) is 157 Å².